The smallest absolute Gasteiger partial charge is 0.321 e. The minimum atomic E-state index is -4.50. The van der Waals surface area contributed by atoms with E-state index in [-0.39, 0.29) is 10.9 Å². The van der Waals surface area contributed by atoms with Crippen molar-refractivity contribution < 1.29 is 19.1 Å². The quantitative estimate of drug-likeness (QED) is 0.652. The minimum Gasteiger partial charge on any atom is -0.321 e. The number of benzene rings is 1. The molecule has 0 unspecified atom stereocenters. The molecule has 0 aliphatic heterocycles. The van der Waals surface area contributed by atoms with E-state index in [0.717, 1.165) is 5.56 Å². The Kier molecular flexibility index (Phi) is 4.50. The Balaban J connectivity index is 3.73. The summed E-state index contributed by atoms with van der Waals surface area (Å²) in [5.74, 6) is 0. The normalized spacial score (nSPS) is 11.6. The summed E-state index contributed by atoms with van der Waals surface area (Å²) in [6.45, 7) is 3.61. The molecule has 94 valence electrons. The summed E-state index contributed by atoms with van der Waals surface area (Å²) in [6.07, 6.45) is 1.44. The highest BCUT2D eigenvalue weighted by Crippen LogP contribution is 2.39. The van der Waals surface area contributed by atoms with E-state index < -0.39 is 7.60 Å². The predicted octanol–water partition coefficient (Wildman–Crippen LogP) is 2.08. The summed E-state index contributed by atoms with van der Waals surface area (Å²) in [7, 11) is -4.50. The molecule has 0 spiro atoms. The Hall–Kier alpha value is -0.670. The fourth-order valence-electron chi connectivity index (χ4n) is 1.81. The molecule has 0 aromatic heterocycles. The van der Waals surface area contributed by atoms with Crippen LogP contribution in [0.1, 0.15) is 35.3 Å². The maximum absolute atomic E-state index is 11.4. The predicted molar refractivity (Wildman–Crippen MR) is 67.3 cm³/mol. The van der Waals surface area contributed by atoms with Crippen molar-refractivity contribution >= 4 is 30.8 Å². The van der Waals surface area contributed by atoms with Gasteiger partial charge in [-0.1, -0.05) is 25.4 Å². The van der Waals surface area contributed by atoms with E-state index in [1.54, 1.807) is 6.92 Å². The van der Waals surface area contributed by atoms with Gasteiger partial charge >= 0.3 is 7.60 Å². The zero-order valence-electron chi connectivity index (χ0n) is 9.61. The molecule has 6 heteroatoms. The van der Waals surface area contributed by atoms with Crippen LogP contribution in [0.3, 0.4) is 0 Å². The Morgan fingerprint density at radius 1 is 1.35 bits per heavy atom. The highest BCUT2D eigenvalue weighted by Gasteiger charge is 2.27. The lowest BCUT2D eigenvalue weighted by molar-refractivity contribution is 0.112. The van der Waals surface area contributed by atoms with Crippen molar-refractivity contribution in [1.29, 1.82) is 0 Å². The second-order valence-corrected chi connectivity index (χ2v) is 5.55. The van der Waals surface area contributed by atoms with E-state index in [0.29, 0.717) is 29.7 Å². The first-order chi connectivity index (χ1) is 7.86. The Labute approximate surface area is 105 Å². The average molecular weight is 277 g/mol. The maximum Gasteiger partial charge on any atom is 0.357 e. The van der Waals surface area contributed by atoms with E-state index in [1.807, 2.05) is 6.92 Å². The molecule has 0 bridgehead atoms. The third-order valence-corrected chi connectivity index (χ3v) is 4.17. The van der Waals surface area contributed by atoms with Gasteiger partial charge in [0.25, 0.3) is 0 Å². The molecule has 0 aliphatic carbocycles. The lowest BCUT2D eigenvalue weighted by Gasteiger charge is -2.16. The number of carbonyl (C=O) groups is 1. The van der Waals surface area contributed by atoms with Crippen LogP contribution in [0.4, 0.5) is 0 Å². The molecule has 17 heavy (non-hydrogen) atoms. The molecule has 0 heterocycles. The molecule has 0 fully saturated rings. The first-order valence-corrected chi connectivity index (χ1v) is 7.21. The van der Waals surface area contributed by atoms with Gasteiger partial charge in [0.05, 0.1) is 5.30 Å². The topological polar surface area (TPSA) is 74.6 Å². The molecule has 1 aromatic rings. The molecule has 1 aromatic carbocycles. The van der Waals surface area contributed by atoms with Gasteiger partial charge in [-0.15, -0.1) is 0 Å². The summed E-state index contributed by atoms with van der Waals surface area (Å²) in [5, 5.41) is 0.108. The zero-order valence-corrected chi connectivity index (χ0v) is 11.3. The van der Waals surface area contributed by atoms with Gasteiger partial charge < -0.3 is 9.79 Å². The molecular weight excluding hydrogens is 263 g/mol. The molecule has 1 rings (SSSR count). The van der Waals surface area contributed by atoms with Crippen LogP contribution in [0, 0.1) is 0 Å². The third kappa shape index (κ3) is 2.78. The summed E-state index contributed by atoms with van der Waals surface area (Å²) >= 11 is 6.09. The lowest BCUT2D eigenvalue weighted by Crippen LogP contribution is -2.18. The number of rotatable bonds is 4. The van der Waals surface area contributed by atoms with Crippen LogP contribution in [0.25, 0.3) is 0 Å². The number of aryl methyl sites for hydroxylation is 1. The molecule has 0 atom stereocenters. The van der Waals surface area contributed by atoms with Crippen molar-refractivity contribution in [2.75, 3.05) is 0 Å². The monoisotopic (exact) mass is 276 g/mol. The van der Waals surface area contributed by atoms with Crippen molar-refractivity contribution in [3.8, 4) is 0 Å². The Bertz CT molecular complexity index is 493. The van der Waals surface area contributed by atoms with Gasteiger partial charge in [-0.05, 0) is 30.0 Å². The van der Waals surface area contributed by atoms with E-state index in [4.69, 9.17) is 11.6 Å². The number of aldehydes is 1. The molecule has 2 N–H and O–H groups in total. The van der Waals surface area contributed by atoms with Crippen LogP contribution >= 0.6 is 19.2 Å². The van der Waals surface area contributed by atoms with Crippen molar-refractivity contribution in [2.45, 2.75) is 26.7 Å². The SMILES string of the molecule is CCc1cc(C=O)c(P(=O)(O)O)c(CC)c1Cl. The van der Waals surface area contributed by atoms with Gasteiger partial charge in [-0.2, -0.15) is 0 Å². The van der Waals surface area contributed by atoms with Gasteiger partial charge in [-0.3, -0.25) is 9.36 Å². The molecule has 0 saturated heterocycles. The van der Waals surface area contributed by atoms with Crippen molar-refractivity contribution in [2.24, 2.45) is 0 Å². The second kappa shape index (κ2) is 5.32. The fourth-order valence-corrected chi connectivity index (χ4v) is 3.36. The fraction of sp³-hybridized carbons (Fsp3) is 0.364. The van der Waals surface area contributed by atoms with E-state index in [1.165, 1.54) is 6.07 Å². The number of hydrogen-bond donors (Lipinski definition) is 2. The highest BCUT2D eigenvalue weighted by atomic mass is 35.5. The molecular formula is C11H14ClO4P. The van der Waals surface area contributed by atoms with Crippen molar-refractivity contribution in [1.82, 2.24) is 0 Å². The number of carbonyl (C=O) groups excluding carboxylic acids is 1. The van der Waals surface area contributed by atoms with Gasteiger partial charge in [0.2, 0.25) is 0 Å². The van der Waals surface area contributed by atoms with Crippen LogP contribution < -0.4 is 5.30 Å². The lowest BCUT2D eigenvalue weighted by atomic mass is 10.0. The largest absolute Gasteiger partial charge is 0.357 e. The number of halogens is 1. The van der Waals surface area contributed by atoms with Gasteiger partial charge in [0.15, 0.2) is 6.29 Å². The van der Waals surface area contributed by atoms with Crippen LogP contribution in [0.2, 0.25) is 5.02 Å². The number of hydrogen-bond acceptors (Lipinski definition) is 2. The molecule has 0 amide bonds. The van der Waals surface area contributed by atoms with Crippen molar-refractivity contribution in [3.63, 3.8) is 0 Å². The third-order valence-electron chi connectivity index (χ3n) is 2.59. The van der Waals surface area contributed by atoms with E-state index in [9.17, 15) is 19.1 Å². The first-order valence-electron chi connectivity index (χ1n) is 5.22. The van der Waals surface area contributed by atoms with E-state index >= 15 is 0 Å². The molecule has 0 aliphatic rings. The molecule has 0 radical (unpaired) electrons. The second-order valence-electron chi connectivity index (χ2n) is 3.64. The minimum absolute atomic E-state index is 0.0245. The van der Waals surface area contributed by atoms with Crippen LogP contribution in [-0.4, -0.2) is 16.1 Å². The highest BCUT2D eigenvalue weighted by molar-refractivity contribution is 7.60. The summed E-state index contributed by atoms with van der Waals surface area (Å²) in [4.78, 5) is 29.5. The van der Waals surface area contributed by atoms with Gasteiger partial charge in [0.1, 0.15) is 0 Å². The average Bonchev–Trinajstić information content (AvgIpc) is 2.27. The van der Waals surface area contributed by atoms with Crippen LogP contribution in [0.15, 0.2) is 6.07 Å². The van der Waals surface area contributed by atoms with Crippen LogP contribution in [0.5, 0.6) is 0 Å². The first kappa shape index (κ1) is 14.4. The standard InChI is InChI=1S/C11H14ClO4P/c1-3-7-5-8(6-13)11(17(14,15)16)9(4-2)10(7)12/h5-6H,3-4H2,1-2H3,(H2,14,15,16). The summed E-state index contributed by atoms with van der Waals surface area (Å²) in [5.41, 5.74) is 1.11. The Morgan fingerprint density at radius 3 is 2.29 bits per heavy atom. The Morgan fingerprint density at radius 2 is 1.94 bits per heavy atom. The summed E-state index contributed by atoms with van der Waals surface area (Å²) in [6, 6.07) is 1.45. The molecule has 0 saturated carbocycles. The van der Waals surface area contributed by atoms with Crippen molar-refractivity contribution in [3.05, 3.63) is 27.8 Å². The zero-order chi connectivity index (χ0) is 13.2. The molecule has 4 nitrogen and oxygen atoms in total. The van der Waals surface area contributed by atoms with E-state index in [2.05, 4.69) is 0 Å². The van der Waals surface area contributed by atoms with Gasteiger partial charge in [-0.25, -0.2) is 0 Å². The van der Waals surface area contributed by atoms with Crippen LogP contribution in [-0.2, 0) is 17.4 Å². The maximum atomic E-state index is 11.4. The summed E-state index contributed by atoms with van der Waals surface area (Å²) < 4.78 is 11.4. The van der Waals surface area contributed by atoms with Gasteiger partial charge in [0, 0.05) is 10.6 Å².